The van der Waals surface area contributed by atoms with Crippen molar-refractivity contribution in [2.45, 2.75) is 0 Å². The fourth-order valence-corrected chi connectivity index (χ4v) is 3.68. The third kappa shape index (κ3) is 2.95. The van der Waals surface area contributed by atoms with Gasteiger partial charge >= 0.3 is 0 Å². The van der Waals surface area contributed by atoms with Gasteiger partial charge in [-0.1, -0.05) is 66.7 Å². The highest BCUT2D eigenvalue weighted by Gasteiger charge is 2.11. The summed E-state index contributed by atoms with van der Waals surface area (Å²) in [6.45, 7) is 0. The van der Waals surface area contributed by atoms with E-state index in [1.807, 2.05) is 42.5 Å². The average molecular weight is 361 g/mol. The molecule has 5 rings (SSSR count). The lowest BCUT2D eigenvalue weighted by Crippen LogP contribution is -1.91. The summed E-state index contributed by atoms with van der Waals surface area (Å²) in [5.41, 5.74) is 8.81. The van der Waals surface area contributed by atoms with Crippen LogP contribution in [0.5, 0.6) is 11.5 Å². The number of ether oxygens (including phenoxy) is 1. The topological polar surface area (TPSA) is 35.2 Å². The zero-order valence-electron chi connectivity index (χ0n) is 15.3. The highest BCUT2D eigenvalue weighted by atomic mass is 16.5. The number of para-hydroxylation sites is 1. The van der Waals surface area contributed by atoms with E-state index in [0.717, 1.165) is 22.6 Å². The van der Waals surface area contributed by atoms with Gasteiger partial charge < -0.3 is 10.5 Å². The van der Waals surface area contributed by atoms with Crippen LogP contribution >= 0.6 is 0 Å². The lowest BCUT2D eigenvalue weighted by molar-refractivity contribution is 0.485. The molecule has 0 aliphatic rings. The van der Waals surface area contributed by atoms with Crippen LogP contribution in [0.3, 0.4) is 0 Å². The van der Waals surface area contributed by atoms with E-state index in [4.69, 9.17) is 10.5 Å². The molecule has 0 radical (unpaired) electrons. The largest absolute Gasteiger partial charge is 0.457 e. The smallest absolute Gasteiger partial charge is 0.135 e. The number of anilines is 1. The summed E-state index contributed by atoms with van der Waals surface area (Å²) in [5, 5.41) is 4.91. The third-order valence-corrected chi connectivity index (χ3v) is 5.01. The van der Waals surface area contributed by atoms with Crippen molar-refractivity contribution in [3.63, 3.8) is 0 Å². The van der Waals surface area contributed by atoms with E-state index in [1.54, 1.807) is 0 Å². The molecular weight excluding hydrogens is 342 g/mol. The van der Waals surface area contributed by atoms with E-state index in [1.165, 1.54) is 21.5 Å². The zero-order valence-corrected chi connectivity index (χ0v) is 15.3. The first kappa shape index (κ1) is 16.4. The molecular formula is C26H19NO. The summed E-state index contributed by atoms with van der Waals surface area (Å²) in [4.78, 5) is 0. The van der Waals surface area contributed by atoms with Crippen molar-refractivity contribution in [2.75, 3.05) is 5.73 Å². The maximum atomic E-state index is 6.20. The van der Waals surface area contributed by atoms with Crippen molar-refractivity contribution >= 4 is 27.2 Å². The molecule has 5 aromatic rings. The number of hydrogen-bond acceptors (Lipinski definition) is 2. The maximum absolute atomic E-state index is 6.20. The first-order valence-electron chi connectivity index (χ1n) is 9.32. The summed E-state index contributed by atoms with van der Waals surface area (Å²) >= 11 is 0. The summed E-state index contributed by atoms with van der Waals surface area (Å²) in [6.07, 6.45) is 0. The second-order valence-corrected chi connectivity index (χ2v) is 6.90. The SMILES string of the molecule is Nc1cccc(Oc2ccccc2-c2cccc3cc4ccccc4cc23)c1. The average Bonchev–Trinajstić information content (AvgIpc) is 2.72. The van der Waals surface area contributed by atoms with E-state index in [9.17, 15) is 0 Å². The predicted molar refractivity (Wildman–Crippen MR) is 118 cm³/mol. The van der Waals surface area contributed by atoms with Gasteiger partial charge in [-0.2, -0.15) is 0 Å². The van der Waals surface area contributed by atoms with Crippen LogP contribution in [0, 0.1) is 0 Å². The van der Waals surface area contributed by atoms with Gasteiger partial charge in [-0.15, -0.1) is 0 Å². The van der Waals surface area contributed by atoms with Crippen LogP contribution in [0.25, 0.3) is 32.7 Å². The predicted octanol–water partition coefficient (Wildman–Crippen LogP) is 7.03. The van der Waals surface area contributed by atoms with Crippen LogP contribution in [-0.2, 0) is 0 Å². The highest BCUT2D eigenvalue weighted by molar-refractivity contribution is 6.05. The van der Waals surface area contributed by atoms with Crippen LogP contribution in [-0.4, -0.2) is 0 Å². The molecule has 5 aromatic carbocycles. The summed E-state index contributed by atoms with van der Waals surface area (Å²) in [7, 11) is 0. The van der Waals surface area contributed by atoms with Gasteiger partial charge in [-0.3, -0.25) is 0 Å². The Kier molecular flexibility index (Phi) is 3.95. The summed E-state index contributed by atoms with van der Waals surface area (Å²) in [5.74, 6) is 1.55. The molecule has 0 heterocycles. The van der Waals surface area contributed by atoms with Gasteiger partial charge in [-0.05, 0) is 57.4 Å². The van der Waals surface area contributed by atoms with Gasteiger partial charge in [0.25, 0.3) is 0 Å². The molecule has 0 aliphatic heterocycles. The van der Waals surface area contributed by atoms with Crippen LogP contribution in [0.2, 0.25) is 0 Å². The standard InChI is InChI=1S/C26H19NO/c27-21-10-6-11-22(17-21)28-26-14-4-3-12-24(26)23-13-5-9-20-15-18-7-1-2-8-19(18)16-25(20)23/h1-17H,27H2. The second kappa shape index (κ2) is 6.75. The fourth-order valence-electron chi connectivity index (χ4n) is 3.68. The van der Waals surface area contributed by atoms with Gasteiger partial charge in [0.15, 0.2) is 0 Å². The van der Waals surface area contributed by atoms with Gasteiger partial charge in [0.05, 0.1) is 0 Å². The van der Waals surface area contributed by atoms with E-state index in [2.05, 4.69) is 60.7 Å². The molecule has 2 nitrogen and oxygen atoms in total. The van der Waals surface area contributed by atoms with Crippen LogP contribution < -0.4 is 10.5 Å². The molecule has 28 heavy (non-hydrogen) atoms. The van der Waals surface area contributed by atoms with Gasteiger partial charge in [0, 0.05) is 17.3 Å². The van der Waals surface area contributed by atoms with Crippen molar-refractivity contribution in [3.8, 4) is 22.6 Å². The molecule has 0 spiro atoms. The van der Waals surface area contributed by atoms with Crippen molar-refractivity contribution in [1.82, 2.24) is 0 Å². The van der Waals surface area contributed by atoms with Crippen molar-refractivity contribution in [1.29, 1.82) is 0 Å². The number of rotatable bonds is 3. The number of benzene rings is 5. The summed E-state index contributed by atoms with van der Waals surface area (Å²) < 4.78 is 6.20. The Morgan fingerprint density at radius 3 is 2.07 bits per heavy atom. The minimum atomic E-state index is 0.687. The Morgan fingerprint density at radius 1 is 0.536 bits per heavy atom. The zero-order chi connectivity index (χ0) is 18.9. The van der Waals surface area contributed by atoms with Gasteiger partial charge in [0.1, 0.15) is 11.5 Å². The lowest BCUT2D eigenvalue weighted by Gasteiger charge is -2.14. The van der Waals surface area contributed by atoms with Gasteiger partial charge in [0.2, 0.25) is 0 Å². The van der Waals surface area contributed by atoms with E-state index >= 15 is 0 Å². The molecule has 0 amide bonds. The Morgan fingerprint density at radius 2 is 1.21 bits per heavy atom. The molecule has 0 unspecified atom stereocenters. The Labute approximate surface area is 163 Å². The number of fused-ring (bicyclic) bond motifs is 2. The monoisotopic (exact) mass is 361 g/mol. The summed E-state index contributed by atoms with van der Waals surface area (Å²) in [6, 6.07) is 35.0. The maximum Gasteiger partial charge on any atom is 0.135 e. The Balaban J connectivity index is 1.69. The van der Waals surface area contributed by atoms with Crippen LogP contribution in [0.15, 0.2) is 103 Å². The Bertz CT molecular complexity index is 1310. The van der Waals surface area contributed by atoms with E-state index in [-0.39, 0.29) is 0 Å². The van der Waals surface area contributed by atoms with Crippen molar-refractivity contribution < 1.29 is 4.74 Å². The number of nitrogens with two attached hydrogens (primary N) is 1. The molecule has 2 heteroatoms. The molecule has 0 aliphatic carbocycles. The molecule has 0 saturated heterocycles. The molecule has 2 N–H and O–H groups in total. The Hall–Kier alpha value is -3.78. The minimum absolute atomic E-state index is 0.687. The number of nitrogen functional groups attached to an aromatic ring is 1. The molecule has 0 aromatic heterocycles. The lowest BCUT2D eigenvalue weighted by atomic mass is 9.95. The second-order valence-electron chi connectivity index (χ2n) is 6.90. The molecule has 0 atom stereocenters. The van der Waals surface area contributed by atoms with E-state index in [0.29, 0.717) is 5.69 Å². The first-order chi connectivity index (χ1) is 13.8. The van der Waals surface area contributed by atoms with E-state index < -0.39 is 0 Å². The highest BCUT2D eigenvalue weighted by Crippen LogP contribution is 2.38. The quantitative estimate of drug-likeness (QED) is 0.276. The van der Waals surface area contributed by atoms with Gasteiger partial charge in [-0.25, -0.2) is 0 Å². The van der Waals surface area contributed by atoms with Crippen LogP contribution in [0.1, 0.15) is 0 Å². The van der Waals surface area contributed by atoms with Crippen molar-refractivity contribution in [3.05, 3.63) is 103 Å². The normalized spacial score (nSPS) is 11.0. The van der Waals surface area contributed by atoms with Crippen LogP contribution in [0.4, 0.5) is 5.69 Å². The fraction of sp³-hybridized carbons (Fsp3) is 0. The minimum Gasteiger partial charge on any atom is -0.457 e. The molecule has 0 fully saturated rings. The van der Waals surface area contributed by atoms with Crippen molar-refractivity contribution in [2.24, 2.45) is 0 Å². The molecule has 134 valence electrons. The molecule has 0 saturated carbocycles. The molecule has 0 bridgehead atoms. The number of hydrogen-bond donors (Lipinski definition) is 1. The third-order valence-electron chi connectivity index (χ3n) is 5.01. The first-order valence-corrected chi connectivity index (χ1v) is 9.32.